The van der Waals surface area contributed by atoms with E-state index in [0.717, 1.165) is 57.1 Å². The van der Waals surface area contributed by atoms with Crippen LogP contribution in [0, 0.1) is 6.92 Å². The molecule has 0 saturated carbocycles. The molecular weight excluding hydrogens is 538 g/mol. The number of piperazine rings is 1. The highest BCUT2D eigenvalue weighted by Crippen LogP contribution is 2.30. The van der Waals surface area contributed by atoms with E-state index in [9.17, 15) is 9.59 Å². The Morgan fingerprint density at radius 2 is 1.49 bits per heavy atom. The van der Waals surface area contributed by atoms with E-state index in [1.54, 1.807) is 18.2 Å². The number of carbonyl (C=O) groups excluding carboxylic acids is 2. The minimum Gasteiger partial charge on any atom is -0.459 e. The van der Waals surface area contributed by atoms with Gasteiger partial charge in [0.1, 0.15) is 0 Å². The van der Waals surface area contributed by atoms with Crippen LogP contribution in [0.15, 0.2) is 89.5 Å². The number of likely N-dealkylation sites (tertiary alicyclic amines) is 1. The third kappa shape index (κ3) is 6.92. The van der Waals surface area contributed by atoms with Gasteiger partial charge in [0.05, 0.1) is 17.6 Å². The number of carbonyl (C=O) groups is 2. The number of hydrogen-bond acceptors (Lipinski definition) is 6. The van der Waals surface area contributed by atoms with E-state index in [2.05, 4.69) is 74.7 Å². The summed E-state index contributed by atoms with van der Waals surface area (Å²) in [5.41, 5.74) is 6.81. The number of rotatable bonds is 9. The molecule has 8 heteroatoms. The summed E-state index contributed by atoms with van der Waals surface area (Å²) in [7, 11) is 0. The second-order valence-corrected chi connectivity index (χ2v) is 11.4. The van der Waals surface area contributed by atoms with Crippen molar-refractivity contribution in [1.29, 1.82) is 0 Å². The summed E-state index contributed by atoms with van der Waals surface area (Å²) in [6, 6.07) is 25.7. The second kappa shape index (κ2) is 13.2. The van der Waals surface area contributed by atoms with Crippen LogP contribution in [0.3, 0.4) is 0 Å². The molecule has 6 rings (SSSR count). The fourth-order valence-electron chi connectivity index (χ4n) is 6.07. The summed E-state index contributed by atoms with van der Waals surface area (Å²) in [5.74, 6) is -0.314. The van der Waals surface area contributed by atoms with Gasteiger partial charge in [-0.05, 0) is 85.9 Å². The molecule has 0 aliphatic carbocycles. The molecule has 3 heterocycles. The summed E-state index contributed by atoms with van der Waals surface area (Å²) in [6.45, 7) is 9.11. The van der Waals surface area contributed by atoms with Crippen molar-refractivity contribution in [3.05, 3.63) is 113 Å². The van der Waals surface area contributed by atoms with Crippen LogP contribution in [0.1, 0.15) is 50.4 Å². The largest absolute Gasteiger partial charge is 0.459 e. The number of nitrogens with zero attached hydrogens (tertiary/aromatic N) is 3. The number of furan rings is 1. The van der Waals surface area contributed by atoms with Crippen LogP contribution in [0.5, 0.6) is 0 Å². The zero-order chi connectivity index (χ0) is 29.6. The van der Waals surface area contributed by atoms with Crippen LogP contribution in [-0.4, -0.2) is 56.0 Å². The average molecular weight is 578 g/mol. The molecule has 0 radical (unpaired) electrons. The molecule has 2 N–H and O–H groups in total. The Morgan fingerprint density at radius 1 is 0.744 bits per heavy atom. The van der Waals surface area contributed by atoms with Crippen LogP contribution >= 0.6 is 0 Å². The lowest BCUT2D eigenvalue weighted by molar-refractivity contribution is 0.0949. The summed E-state index contributed by atoms with van der Waals surface area (Å²) in [5, 5.41) is 6.07. The van der Waals surface area contributed by atoms with Crippen LogP contribution in [-0.2, 0) is 13.1 Å². The first-order chi connectivity index (χ1) is 21.0. The molecule has 2 aliphatic rings. The lowest BCUT2D eigenvalue weighted by atomic mass is 10.1. The van der Waals surface area contributed by atoms with Gasteiger partial charge in [-0.1, -0.05) is 42.5 Å². The molecule has 1 aromatic heterocycles. The molecule has 8 nitrogen and oxygen atoms in total. The molecule has 222 valence electrons. The number of amides is 2. The molecule has 2 saturated heterocycles. The lowest BCUT2D eigenvalue weighted by Crippen LogP contribution is -2.47. The van der Waals surface area contributed by atoms with Crippen molar-refractivity contribution in [3.8, 4) is 0 Å². The fourth-order valence-corrected chi connectivity index (χ4v) is 6.07. The highest BCUT2D eigenvalue weighted by Gasteiger charge is 2.23. The van der Waals surface area contributed by atoms with E-state index >= 15 is 0 Å². The van der Waals surface area contributed by atoms with Gasteiger partial charge < -0.3 is 24.9 Å². The van der Waals surface area contributed by atoms with Gasteiger partial charge in [-0.3, -0.25) is 14.5 Å². The second-order valence-electron chi connectivity index (χ2n) is 11.4. The SMILES string of the molecule is Cc1ccccc1N1CCN(c2ccc(C(=O)NCc3cccc(CN4CCCC4)c3)cc2NC(=O)c2ccco2)CC1. The molecule has 3 aromatic carbocycles. The van der Waals surface area contributed by atoms with E-state index < -0.39 is 0 Å². The number of benzene rings is 3. The summed E-state index contributed by atoms with van der Waals surface area (Å²) in [4.78, 5) is 33.4. The van der Waals surface area contributed by atoms with Gasteiger partial charge >= 0.3 is 0 Å². The third-order valence-corrected chi connectivity index (χ3v) is 8.38. The van der Waals surface area contributed by atoms with Crippen molar-refractivity contribution < 1.29 is 14.0 Å². The van der Waals surface area contributed by atoms with Crippen molar-refractivity contribution in [3.63, 3.8) is 0 Å². The molecule has 0 spiro atoms. The number of hydrogen-bond donors (Lipinski definition) is 2. The number of nitrogens with one attached hydrogen (secondary N) is 2. The number of aryl methyl sites for hydroxylation is 1. The highest BCUT2D eigenvalue weighted by molar-refractivity contribution is 6.05. The Hall–Kier alpha value is -4.56. The predicted octanol–water partition coefficient (Wildman–Crippen LogP) is 5.69. The summed E-state index contributed by atoms with van der Waals surface area (Å²) in [6.07, 6.45) is 4.01. The quantitative estimate of drug-likeness (QED) is 0.266. The van der Waals surface area contributed by atoms with Gasteiger partial charge in [-0.2, -0.15) is 0 Å². The van der Waals surface area contributed by atoms with E-state index in [1.807, 2.05) is 18.2 Å². The maximum absolute atomic E-state index is 13.3. The van der Waals surface area contributed by atoms with Crippen LogP contribution in [0.25, 0.3) is 0 Å². The summed E-state index contributed by atoms with van der Waals surface area (Å²) < 4.78 is 5.33. The lowest BCUT2D eigenvalue weighted by Gasteiger charge is -2.38. The first-order valence-electron chi connectivity index (χ1n) is 15.2. The standard InChI is InChI=1S/C35H39N5O3/c1-26-8-2-3-11-31(26)39-17-19-40(20-18-39)32-14-13-29(23-30(32)37-35(42)33-12-7-21-43-33)34(41)36-24-27-9-6-10-28(22-27)25-38-15-4-5-16-38/h2-3,6-14,21-23H,4-5,15-20,24-25H2,1H3,(H,36,41)(H,37,42). The van der Waals surface area contributed by atoms with E-state index in [-0.39, 0.29) is 17.6 Å². The predicted molar refractivity (Wildman–Crippen MR) is 171 cm³/mol. The fraction of sp³-hybridized carbons (Fsp3) is 0.314. The Labute approximate surface area is 253 Å². The van der Waals surface area contributed by atoms with Gasteiger partial charge in [0.15, 0.2) is 5.76 Å². The molecule has 4 aromatic rings. The summed E-state index contributed by atoms with van der Waals surface area (Å²) >= 11 is 0. The van der Waals surface area contributed by atoms with Crippen molar-refractivity contribution >= 4 is 28.9 Å². The zero-order valence-electron chi connectivity index (χ0n) is 24.7. The minimum absolute atomic E-state index is 0.186. The van der Waals surface area contributed by atoms with Gasteiger partial charge in [0.25, 0.3) is 11.8 Å². The van der Waals surface area contributed by atoms with E-state index in [1.165, 1.54) is 35.9 Å². The topological polar surface area (TPSA) is 81.1 Å². The Balaban J connectivity index is 1.16. The molecular formula is C35H39N5O3. The van der Waals surface area contributed by atoms with Crippen molar-refractivity contribution in [1.82, 2.24) is 10.2 Å². The van der Waals surface area contributed by atoms with Gasteiger partial charge in [-0.15, -0.1) is 0 Å². The van der Waals surface area contributed by atoms with Crippen molar-refractivity contribution in [2.75, 3.05) is 54.4 Å². The van der Waals surface area contributed by atoms with Crippen LogP contribution in [0.2, 0.25) is 0 Å². The Morgan fingerprint density at radius 3 is 2.23 bits per heavy atom. The average Bonchev–Trinajstić information content (AvgIpc) is 3.76. The first-order valence-corrected chi connectivity index (χ1v) is 15.2. The molecule has 0 bridgehead atoms. The highest BCUT2D eigenvalue weighted by atomic mass is 16.3. The van der Waals surface area contributed by atoms with Crippen molar-refractivity contribution in [2.24, 2.45) is 0 Å². The van der Waals surface area contributed by atoms with Crippen LogP contribution < -0.4 is 20.4 Å². The van der Waals surface area contributed by atoms with Gasteiger partial charge in [0, 0.05) is 50.5 Å². The Bertz CT molecular complexity index is 1550. The molecule has 0 atom stereocenters. The van der Waals surface area contributed by atoms with Gasteiger partial charge in [-0.25, -0.2) is 0 Å². The maximum atomic E-state index is 13.3. The van der Waals surface area contributed by atoms with Crippen LogP contribution in [0.4, 0.5) is 17.1 Å². The molecule has 0 unspecified atom stereocenters. The van der Waals surface area contributed by atoms with Crippen molar-refractivity contribution in [2.45, 2.75) is 32.9 Å². The number of para-hydroxylation sites is 1. The van der Waals surface area contributed by atoms with E-state index in [4.69, 9.17) is 4.42 Å². The minimum atomic E-state index is -0.350. The third-order valence-electron chi connectivity index (χ3n) is 8.38. The molecule has 2 fully saturated rings. The smallest absolute Gasteiger partial charge is 0.291 e. The zero-order valence-corrected chi connectivity index (χ0v) is 24.7. The molecule has 43 heavy (non-hydrogen) atoms. The molecule has 2 aliphatic heterocycles. The molecule has 2 amide bonds. The first kappa shape index (κ1) is 28.6. The van der Waals surface area contributed by atoms with E-state index in [0.29, 0.717) is 17.8 Å². The number of anilines is 3. The maximum Gasteiger partial charge on any atom is 0.291 e. The Kier molecular flexibility index (Phi) is 8.75. The normalized spacial score (nSPS) is 15.5. The monoisotopic (exact) mass is 577 g/mol. The van der Waals surface area contributed by atoms with Gasteiger partial charge in [0.2, 0.25) is 0 Å².